The lowest BCUT2D eigenvalue weighted by Gasteiger charge is -2.23. The highest BCUT2D eigenvalue weighted by molar-refractivity contribution is 6.21. The Bertz CT molecular complexity index is 1020. The molecule has 0 radical (unpaired) electrons. The van der Waals surface area contributed by atoms with Crippen LogP contribution in [0.3, 0.4) is 0 Å². The molecule has 1 N–H and O–H groups in total. The first kappa shape index (κ1) is 19.1. The number of nitrogens with one attached hydrogen (secondary N) is 1. The van der Waals surface area contributed by atoms with Gasteiger partial charge in [-0.2, -0.15) is 13.2 Å². The minimum atomic E-state index is -4.18. The molecule has 2 aromatic rings. The van der Waals surface area contributed by atoms with Crippen molar-refractivity contribution in [3.05, 3.63) is 59.2 Å². The molecule has 29 heavy (non-hydrogen) atoms. The van der Waals surface area contributed by atoms with E-state index >= 15 is 0 Å². The maximum Gasteiger partial charge on any atom is 0.392 e. The maximum atomic E-state index is 12.8. The van der Waals surface area contributed by atoms with Gasteiger partial charge in [0.1, 0.15) is 18.7 Å². The smallest absolute Gasteiger partial charge is 0.392 e. The third-order valence-corrected chi connectivity index (χ3v) is 5.02. The molecule has 0 saturated carbocycles. The van der Waals surface area contributed by atoms with Crippen LogP contribution in [-0.4, -0.2) is 28.0 Å². The Kier molecular flexibility index (Phi) is 4.81. The normalized spacial score (nSPS) is 18.9. The zero-order chi connectivity index (χ0) is 20.6. The topological polar surface area (TPSA) is 81.2 Å². The van der Waals surface area contributed by atoms with Gasteiger partial charge in [0.25, 0.3) is 11.8 Å². The van der Waals surface area contributed by atoms with Gasteiger partial charge in [0.15, 0.2) is 0 Å². The van der Waals surface area contributed by atoms with E-state index in [1.54, 1.807) is 18.2 Å². The molecule has 0 spiro atoms. The Morgan fingerprint density at radius 2 is 1.90 bits per heavy atom. The number of allylic oxidation sites excluding steroid dienone is 2. The third kappa shape index (κ3) is 3.98. The summed E-state index contributed by atoms with van der Waals surface area (Å²) in [6, 6.07) is 6.27. The van der Waals surface area contributed by atoms with Gasteiger partial charge < -0.3 is 4.74 Å². The van der Waals surface area contributed by atoms with E-state index in [1.165, 1.54) is 18.5 Å². The van der Waals surface area contributed by atoms with Crippen LogP contribution >= 0.6 is 0 Å². The first-order chi connectivity index (χ1) is 13.8. The summed E-state index contributed by atoms with van der Waals surface area (Å²) in [5, 5.41) is 2.21. The lowest BCUT2D eigenvalue weighted by atomic mass is 9.88. The van der Waals surface area contributed by atoms with Crippen LogP contribution in [0, 0.1) is 5.92 Å². The van der Waals surface area contributed by atoms with Crippen LogP contribution in [0.25, 0.3) is 5.57 Å². The number of hydrogen-bond donors (Lipinski definition) is 1. The lowest BCUT2D eigenvalue weighted by molar-refractivity contribution is -0.175. The summed E-state index contributed by atoms with van der Waals surface area (Å²) >= 11 is 0. The number of amides is 2. The standard InChI is InChI=1S/C20H16F3N3O3/c21-20(22,23)12-3-1-11(2-4-12)17-7-13(24-10-25-17)9-29-14-5-6-15-16(8-14)19(28)26-18(15)27/h1,5-8,10,12H,2-4,9H2,(H,26,27,28). The zero-order valence-electron chi connectivity index (χ0n) is 15.1. The molecular formula is C20H16F3N3O3. The minimum Gasteiger partial charge on any atom is -0.487 e. The summed E-state index contributed by atoms with van der Waals surface area (Å²) in [5.74, 6) is -1.81. The van der Waals surface area contributed by atoms with Crippen molar-refractivity contribution in [2.45, 2.75) is 32.0 Å². The summed E-state index contributed by atoms with van der Waals surface area (Å²) < 4.78 is 44.1. The van der Waals surface area contributed by atoms with E-state index in [2.05, 4.69) is 15.3 Å². The van der Waals surface area contributed by atoms with Crippen molar-refractivity contribution < 1.29 is 27.5 Å². The molecule has 1 aliphatic carbocycles. The van der Waals surface area contributed by atoms with Crippen LogP contribution in [0.4, 0.5) is 13.2 Å². The summed E-state index contributed by atoms with van der Waals surface area (Å²) in [5.41, 5.74) is 2.45. The van der Waals surface area contributed by atoms with Gasteiger partial charge in [-0.05, 0) is 49.1 Å². The van der Waals surface area contributed by atoms with Crippen molar-refractivity contribution in [2.24, 2.45) is 5.92 Å². The van der Waals surface area contributed by atoms with E-state index in [9.17, 15) is 22.8 Å². The van der Waals surface area contributed by atoms with Crippen molar-refractivity contribution in [3.63, 3.8) is 0 Å². The van der Waals surface area contributed by atoms with Gasteiger partial charge in [0, 0.05) is 0 Å². The zero-order valence-corrected chi connectivity index (χ0v) is 15.1. The molecule has 150 valence electrons. The molecule has 2 heterocycles. The Morgan fingerprint density at radius 1 is 1.10 bits per heavy atom. The maximum absolute atomic E-state index is 12.8. The van der Waals surface area contributed by atoms with Gasteiger partial charge in [0.05, 0.1) is 28.4 Å². The predicted octanol–water partition coefficient (Wildman–Crippen LogP) is 3.69. The highest BCUT2D eigenvalue weighted by atomic mass is 19.4. The summed E-state index contributed by atoms with van der Waals surface area (Å²) in [6.07, 6.45) is -0.949. The highest BCUT2D eigenvalue weighted by Gasteiger charge is 2.39. The van der Waals surface area contributed by atoms with Gasteiger partial charge in [-0.1, -0.05) is 6.08 Å². The van der Waals surface area contributed by atoms with Gasteiger partial charge in [-0.3, -0.25) is 14.9 Å². The first-order valence-corrected chi connectivity index (χ1v) is 9.01. The van der Waals surface area contributed by atoms with Crippen LogP contribution in [-0.2, 0) is 6.61 Å². The molecule has 2 aliphatic rings. The minimum absolute atomic E-state index is 0.0427. The molecule has 1 aromatic heterocycles. The molecule has 9 heteroatoms. The summed E-state index contributed by atoms with van der Waals surface area (Å²) in [7, 11) is 0. The molecule has 1 atom stereocenters. The van der Waals surface area contributed by atoms with Gasteiger partial charge in [-0.25, -0.2) is 9.97 Å². The number of ether oxygens (including phenoxy) is 1. The van der Waals surface area contributed by atoms with Gasteiger partial charge >= 0.3 is 6.18 Å². The van der Waals surface area contributed by atoms with Gasteiger partial charge in [0.2, 0.25) is 0 Å². The molecule has 0 saturated heterocycles. The molecule has 1 aliphatic heterocycles. The number of carbonyl (C=O) groups excluding carboxylic acids is 2. The van der Waals surface area contributed by atoms with Gasteiger partial charge in [-0.15, -0.1) is 0 Å². The number of fused-ring (bicyclic) bond motifs is 1. The average molecular weight is 403 g/mol. The van der Waals surface area contributed by atoms with Crippen LogP contribution < -0.4 is 10.1 Å². The third-order valence-electron chi connectivity index (χ3n) is 5.02. The number of halogens is 3. The lowest BCUT2D eigenvalue weighted by Crippen LogP contribution is -2.24. The number of nitrogens with zero attached hydrogens (tertiary/aromatic N) is 2. The molecule has 6 nitrogen and oxygen atoms in total. The average Bonchev–Trinajstić information content (AvgIpc) is 2.99. The first-order valence-electron chi connectivity index (χ1n) is 9.01. The largest absolute Gasteiger partial charge is 0.487 e. The van der Waals surface area contributed by atoms with Crippen LogP contribution in [0.5, 0.6) is 5.75 Å². The highest BCUT2D eigenvalue weighted by Crippen LogP contribution is 2.39. The fraction of sp³-hybridized carbons (Fsp3) is 0.300. The second kappa shape index (κ2) is 7.31. The number of aromatic nitrogens is 2. The summed E-state index contributed by atoms with van der Waals surface area (Å²) in [4.78, 5) is 31.6. The fourth-order valence-corrected chi connectivity index (χ4v) is 3.41. The van der Waals surface area contributed by atoms with E-state index < -0.39 is 23.9 Å². The molecule has 1 aromatic carbocycles. The van der Waals surface area contributed by atoms with Crippen molar-refractivity contribution in [3.8, 4) is 5.75 Å². The van der Waals surface area contributed by atoms with E-state index in [0.29, 0.717) is 29.1 Å². The van der Waals surface area contributed by atoms with E-state index in [0.717, 1.165) is 5.57 Å². The number of imide groups is 1. The van der Waals surface area contributed by atoms with Crippen LogP contribution in [0.1, 0.15) is 51.4 Å². The van der Waals surface area contributed by atoms with Crippen molar-refractivity contribution in [2.75, 3.05) is 0 Å². The Balaban J connectivity index is 1.44. The number of carbonyl (C=O) groups is 2. The van der Waals surface area contributed by atoms with Crippen molar-refractivity contribution in [1.29, 1.82) is 0 Å². The van der Waals surface area contributed by atoms with Crippen molar-refractivity contribution >= 4 is 17.4 Å². The molecule has 2 amide bonds. The van der Waals surface area contributed by atoms with E-state index in [1.807, 2.05) is 0 Å². The SMILES string of the molecule is O=C1NC(=O)c2cc(OCc3cc(C4=CCC(C(F)(F)F)CC4)ncn3)ccc21. The monoisotopic (exact) mass is 403 g/mol. The molecule has 0 fully saturated rings. The Labute approximate surface area is 163 Å². The van der Waals surface area contributed by atoms with Crippen LogP contribution in [0.2, 0.25) is 0 Å². The Morgan fingerprint density at radius 3 is 2.62 bits per heavy atom. The van der Waals surface area contributed by atoms with E-state index in [-0.39, 0.29) is 25.0 Å². The number of hydrogen-bond acceptors (Lipinski definition) is 5. The molecular weight excluding hydrogens is 387 g/mol. The summed E-state index contributed by atoms with van der Waals surface area (Å²) in [6.45, 7) is 0.0856. The number of benzene rings is 1. The quantitative estimate of drug-likeness (QED) is 0.788. The van der Waals surface area contributed by atoms with E-state index in [4.69, 9.17) is 4.74 Å². The Hall–Kier alpha value is -3.23. The second-order valence-corrected chi connectivity index (χ2v) is 6.92. The number of rotatable bonds is 4. The van der Waals surface area contributed by atoms with Crippen molar-refractivity contribution in [1.82, 2.24) is 15.3 Å². The fourth-order valence-electron chi connectivity index (χ4n) is 3.41. The molecule has 1 unspecified atom stereocenters. The second-order valence-electron chi connectivity index (χ2n) is 6.92. The molecule has 0 bridgehead atoms. The number of alkyl halides is 3. The van der Waals surface area contributed by atoms with Crippen LogP contribution in [0.15, 0.2) is 36.7 Å². The molecule has 4 rings (SSSR count). The predicted molar refractivity (Wildman–Crippen MR) is 96.0 cm³/mol.